The van der Waals surface area contributed by atoms with Crippen molar-refractivity contribution in [2.24, 2.45) is 0 Å². The molecule has 0 aliphatic carbocycles. The Balaban J connectivity index is 1.89. The van der Waals surface area contributed by atoms with Gasteiger partial charge in [-0.1, -0.05) is 0 Å². The van der Waals surface area contributed by atoms with Crippen LogP contribution in [0.5, 0.6) is 0 Å². The second-order valence-electron chi connectivity index (χ2n) is 11.9. The van der Waals surface area contributed by atoms with E-state index in [0.717, 1.165) is 6.92 Å². The van der Waals surface area contributed by atoms with Gasteiger partial charge < -0.3 is 76.2 Å². The van der Waals surface area contributed by atoms with Gasteiger partial charge in [0.25, 0.3) is 0 Å². The van der Waals surface area contributed by atoms with E-state index in [1.807, 2.05) is 0 Å². The van der Waals surface area contributed by atoms with Crippen molar-refractivity contribution in [3.8, 4) is 0 Å². The number of ether oxygens (including phenoxy) is 4. The summed E-state index contributed by atoms with van der Waals surface area (Å²) in [5.41, 5.74) is 0. The third-order valence-electron chi connectivity index (χ3n) is 7.66. The van der Waals surface area contributed by atoms with Gasteiger partial charge in [-0.2, -0.15) is 0 Å². The number of nitrogens with one attached hydrogen (secondary N) is 5. The van der Waals surface area contributed by atoms with E-state index in [4.69, 9.17) is 18.9 Å². The molecule has 5 amide bonds. The highest BCUT2D eigenvalue weighted by atomic mass is 16.7. The van der Waals surface area contributed by atoms with E-state index in [-0.39, 0.29) is 31.7 Å². The third-order valence-corrected chi connectivity index (χ3v) is 7.66. The monoisotopic (exact) mass is 723 g/mol. The predicted molar refractivity (Wildman–Crippen MR) is 165 cm³/mol. The largest absolute Gasteiger partial charge is 0.394 e. The molecule has 11 atom stereocenters. The quantitative estimate of drug-likeness (QED) is 0.0552. The van der Waals surface area contributed by atoms with Crippen LogP contribution in [0.1, 0.15) is 40.0 Å². The minimum atomic E-state index is -1.60. The van der Waals surface area contributed by atoms with Crippen molar-refractivity contribution in [1.82, 2.24) is 26.6 Å². The Labute approximate surface area is 287 Å². The maximum Gasteiger partial charge on any atom is 0.246 e. The van der Waals surface area contributed by atoms with E-state index in [1.165, 1.54) is 13.8 Å². The number of hydrogen-bond acceptors (Lipinski definition) is 16. The van der Waals surface area contributed by atoms with E-state index in [1.54, 1.807) is 0 Å². The summed E-state index contributed by atoms with van der Waals surface area (Å²) in [5.74, 6) is -3.59. The van der Waals surface area contributed by atoms with Gasteiger partial charge in [-0.05, 0) is 26.2 Å². The van der Waals surface area contributed by atoms with Crippen molar-refractivity contribution >= 4 is 35.3 Å². The maximum absolute atomic E-state index is 12.8. The second-order valence-corrected chi connectivity index (χ2v) is 11.9. The van der Waals surface area contributed by atoms with E-state index in [0.29, 0.717) is 6.42 Å². The number of carbonyl (C=O) groups excluding carboxylic acids is 6. The maximum atomic E-state index is 12.8. The van der Waals surface area contributed by atoms with Crippen LogP contribution in [0.2, 0.25) is 0 Å². The molecular weight excluding hydrogens is 674 g/mol. The molecule has 0 bridgehead atoms. The number of ketones is 1. The molecule has 0 saturated carbocycles. The summed E-state index contributed by atoms with van der Waals surface area (Å²) < 4.78 is 21.6. The van der Waals surface area contributed by atoms with Crippen LogP contribution in [0.4, 0.5) is 0 Å². The normalized spacial score (nSPS) is 30.0. The number of aliphatic hydroxyl groups excluding tert-OH is 6. The number of carbonyl (C=O) groups is 6. The lowest BCUT2D eigenvalue weighted by Crippen LogP contribution is -2.64. The highest BCUT2D eigenvalue weighted by Crippen LogP contribution is 2.23. The third kappa shape index (κ3) is 13.4. The van der Waals surface area contributed by atoms with Gasteiger partial charge >= 0.3 is 0 Å². The van der Waals surface area contributed by atoms with Gasteiger partial charge in [-0.25, -0.2) is 0 Å². The highest BCUT2D eigenvalue weighted by molar-refractivity contribution is 5.90. The molecule has 0 radical (unpaired) electrons. The SMILES string of the molecule is CC(=O)CNC(=O)[C@H](CCCCNC(=O)COC1OC(CO)C(O)C(O)C1NC(C)=O)NC(=O)COC1OC(CO)C(O)C(O)C1NC(C)=O. The lowest BCUT2D eigenvalue weighted by Gasteiger charge is -2.42. The van der Waals surface area contributed by atoms with E-state index in [9.17, 15) is 59.4 Å². The Morgan fingerprint density at radius 2 is 1.16 bits per heavy atom. The van der Waals surface area contributed by atoms with Crippen LogP contribution in [0.15, 0.2) is 0 Å². The molecule has 2 aliphatic heterocycles. The molecule has 2 fully saturated rings. The minimum Gasteiger partial charge on any atom is -0.394 e. The summed E-state index contributed by atoms with van der Waals surface area (Å²) in [6.07, 6.45) is -10.9. The first kappa shape index (κ1) is 42.8. The molecule has 21 nitrogen and oxygen atoms in total. The first-order valence-corrected chi connectivity index (χ1v) is 15.9. The molecule has 10 unspecified atom stereocenters. The van der Waals surface area contributed by atoms with Crippen molar-refractivity contribution in [3.63, 3.8) is 0 Å². The van der Waals surface area contributed by atoms with E-state index in [2.05, 4.69) is 26.6 Å². The van der Waals surface area contributed by atoms with Gasteiger partial charge in [-0.3, -0.25) is 28.8 Å². The van der Waals surface area contributed by atoms with Gasteiger partial charge in [0.2, 0.25) is 29.5 Å². The molecule has 2 rings (SSSR count). The lowest BCUT2D eigenvalue weighted by atomic mass is 9.97. The molecule has 11 N–H and O–H groups in total. The van der Waals surface area contributed by atoms with Crippen LogP contribution in [0.25, 0.3) is 0 Å². The Morgan fingerprint density at radius 3 is 1.60 bits per heavy atom. The smallest absolute Gasteiger partial charge is 0.246 e. The molecule has 50 heavy (non-hydrogen) atoms. The van der Waals surface area contributed by atoms with Crippen LogP contribution in [-0.2, 0) is 47.7 Å². The van der Waals surface area contributed by atoms with Gasteiger partial charge in [0, 0.05) is 20.4 Å². The molecule has 0 spiro atoms. The van der Waals surface area contributed by atoms with Crippen LogP contribution in [-0.4, -0.2) is 173 Å². The minimum absolute atomic E-state index is 0.0604. The van der Waals surface area contributed by atoms with Crippen molar-refractivity contribution in [2.75, 3.05) is 39.5 Å². The van der Waals surface area contributed by atoms with Gasteiger partial charge in [0.1, 0.15) is 73.7 Å². The van der Waals surface area contributed by atoms with Crippen LogP contribution < -0.4 is 26.6 Å². The van der Waals surface area contributed by atoms with Crippen molar-refractivity contribution < 1.29 is 78.4 Å². The summed E-state index contributed by atoms with van der Waals surface area (Å²) in [6, 6.07) is -3.66. The summed E-state index contributed by atoms with van der Waals surface area (Å²) in [5, 5.41) is 72.0. The number of Topliss-reactive ketones (excluding diaryl/α,β-unsaturated/α-hetero) is 1. The number of amides is 5. The average Bonchev–Trinajstić information content (AvgIpc) is 3.06. The zero-order valence-corrected chi connectivity index (χ0v) is 28.0. The van der Waals surface area contributed by atoms with Crippen LogP contribution >= 0.6 is 0 Å². The molecular formula is C29H49N5O16. The van der Waals surface area contributed by atoms with Gasteiger partial charge in [0.15, 0.2) is 12.6 Å². The fourth-order valence-electron chi connectivity index (χ4n) is 5.13. The molecule has 2 heterocycles. The molecule has 0 aromatic carbocycles. The fraction of sp³-hybridized carbons (Fsp3) is 0.793. The Hall–Kier alpha value is -3.38. The van der Waals surface area contributed by atoms with E-state index >= 15 is 0 Å². The van der Waals surface area contributed by atoms with Gasteiger partial charge in [0.05, 0.1) is 19.8 Å². The van der Waals surface area contributed by atoms with Crippen molar-refractivity contribution in [2.45, 2.75) is 107 Å². The average molecular weight is 724 g/mol. The number of rotatable bonds is 19. The van der Waals surface area contributed by atoms with E-state index < -0.39 is 123 Å². The Morgan fingerprint density at radius 1 is 0.680 bits per heavy atom. The summed E-state index contributed by atoms with van der Waals surface area (Å²) in [6.45, 7) is 0.723. The summed E-state index contributed by atoms with van der Waals surface area (Å²) in [4.78, 5) is 72.5. The number of aliphatic hydroxyl groups is 6. The topological polar surface area (TPSA) is 321 Å². The molecule has 2 saturated heterocycles. The molecule has 0 aromatic heterocycles. The van der Waals surface area contributed by atoms with Gasteiger partial charge in [-0.15, -0.1) is 0 Å². The summed E-state index contributed by atoms with van der Waals surface area (Å²) >= 11 is 0. The summed E-state index contributed by atoms with van der Waals surface area (Å²) in [7, 11) is 0. The first-order chi connectivity index (χ1) is 23.6. The van der Waals surface area contributed by atoms with Crippen molar-refractivity contribution in [3.05, 3.63) is 0 Å². The first-order valence-electron chi connectivity index (χ1n) is 15.9. The Kier molecular flexibility index (Phi) is 18.0. The molecule has 2 aliphatic rings. The predicted octanol–water partition coefficient (Wildman–Crippen LogP) is -6.62. The van der Waals surface area contributed by atoms with Crippen molar-refractivity contribution in [1.29, 1.82) is 0 Å². The fourth-order valence-corrected chi connectivity index (χ4v) is 5.13. The Bertz CT molecular complexity index is 1160. The number of unbranched alkanes of at least 4 members (excludes halogenated alkanes) is 1. The highest BCUT2D eigenvalue weighted by Gasteiger charge is 2.46. The second kappa shape index (κ2) is 21.1. The van der Waals surface area contributed by atoms with Crippen LogP contribution in [0.3, 0.4) is 0 Å². The molecule has 286 valence electrons. The van der Waals surface area contributed by atoms with Crippen LogP contribution in [0, 0.1) is 0 Å². The zero-order valence-electron chi connectivity index (χ0n) is 28.0. The standard InChI is InChI=1S/C29H49N5O16/c1-13(37)8-31-27(46)16(34-20(41)12-48-29-22(33-15(3)39)26(45)24(43)18(10-36)50-29)6-4-5-7-30-19(40)11-47-28-21(32-14(2)38)25(44)23(42)17(9-35)49-28/h16-18,21-26,28-29,35-36,42-45H,4-12H2,1-3H3,(H,30,40)(H,31,46)(H,32,38)(H,33,39)(H,34,41)/t16-,17?,18?,21?,22?,23?,24?,25?,26?,28?,29?/m0/s1. The zero-order chi connectivity index (χ0) is 37.5. The lowest BCUT2D eigenvalue weighted by molar-refractivity contribution is -0.268. The molecule has 21 heteroatoms. The molecule has 0 aromatic rings. The number of hydrogen-bond donors (Lipinski definition) is 11.